The van der Waals surface area contributed by atoms with Crippen LogP contribution in [0, 0.1) is 0 Å². The molecule has 1 aliphatic carbocycles. The van der Waals surface area contributed by atoms with Crippen LogP contribution in [-0.2, 0) is 23.9 Å². The van der Waals surface area contributed by atoms with Gasteiger partial charge in [0.25, 0.3) is 5.56 Å². The van der Waals surface area contributed by atoms with Crippen LogP contribution < -0.4 is 16.2 Å². The van der Waals surface area contributed by atoms with E-state index in [9.17, 15) is 4.79 Å². The number of aromatic nitrogens is 6. The summed E-state index contributed by atoms with van der Waals surface area (Å²) in [7, 11) is 0. The molecule has 0 unspecified atom stereocenters. The molecule has 0 spiro atoms. The molecule has 4 aromatic rings. The van der Waals surface area contributed by atoms with Crippen molar-refractivity contribution in [1.29, 1.82) is 0 Å². The van der Waals surface area contributed by atoms with Crippen molar-refractivity contribution in [1.82, 2.24) is 34.6 Å². The lowest BCUT2D eigenvalue weighted by Gasteiger charge is -2.34. The van der Waals surface area contributed by atoms with Crippen LogP contribution in [0.3, 0.4) is 0 Å². The molecule has 1 aromatic carbocycles. The highest BCUT2D eigenvalue weighted by atomic mass is 16.1. The molecule has 1 aliphatic heterocycles. The lowest BCUT2D eigenvalue weighted by Crippen LogP contribution is -2.42. The van der Waals surface area contributed by atoms with Crippen molar-refractivity contribution >= 4 is 22.7 Å². The number of nitrogens with zero attached hydrogens (tertiary/aromatic N) is 6. The number of hydrogen-bond donors (Lipinski definition) is 2. The van der Waals surface area contributed by atoms with E-state index in [2.05, 4.69) is 59.6 Å². The minimum Gasteiger partial charge on any atom is -0.324 e. The van der Waals surface area contributed by atoms with Gasteiger partial charge in [0.15, 0.2) is 11.5 Å². The largest absolute Gasteiger partial charge is 0.324 e. The Hall–Kier alpha value is -3.59. The van der Waals surface area contributed by atoms with Crippen LogP contribution in [0.1, 0.15) is 57.5 Å². The van der Waals surface area contributed by atoms with Crippen molar-refractivity contribution in [3.8, 4) is 5.82 Å². The molecule has 3 aromatic heterocycles. The molecular formula is C26H30N8O. The Balaban J connectivity index is 1.42. The number of rotatable bonds is 5. The van der Waals surface area contributed by atoms with Crippen LogP contribution in [0.25, 0.3) is 16.9 Å². The maximum atomic E-state index is 13.1. The van der Waals surface area contributed by atoms with E-state index < -0.39 is 0 Å². The average Bonchev–Trinajstić information content (AvgIpc) is 3.53. The summed E-state index contributed by atoms with van der Waals surface area (Å²) in [4.78, 5) is 31.7. The van der Waals surface area contributed by atoms with Crippen molar-refractivity contribution in [3.63, 3.8) is 0 Å². The van der Waals surface area contributed by atoms with Crippen LogP contribution >= 0.6 is 0 Å². The minimum atomic E-state index is -0.129. The Morgan fingerprint density at radius 2 is 1.94 bits per heavy atom. The first kappa shape index (κ1) is 21.9. The highest BCUT2D eigenvalue weighted by molar-refractivity contribution is 5.77. The number of nitrogens with one attached hydrogen (secondary N) is 2. The summed E-state index contributed by atoms with van der Waals surface area (Å²) in [6.45, 7) is 9.96. The molecule has 1 fully saturated rings. The second-order valence-electron chi connectivity index (χ2n) is 10.4. The van der Waals surface area contributed by atoms with Crippen LogP contribution in [0.5, 0.6) is 0 Å². The van der Waals surface area contributed by atoms with Gasteiger partial charge < -0.3 is 10.6 Å². The van der Waals surface area contributed by atoms with E-state index in [0.717, 1.165) is 37.3 Å². The van der Waals surface area contributed by atoms with Gasteiger partial charge in [-0.15, -0.1) is 0 Å². The fourth-order valence-corrected chi connectivity index (χ4v) is 5.00. The van der Waals surface area contributed by atoms with E-state index in [-0.39, 0.29) is 16.5 Å². The van der Waals surface area contributed by atoms with Crippen molar-refractivity contribution in [3.05, 3.63) is 64.0 Å². The van der Waals surface area contributed by atoms with E-state index in [1.54, 1.807) is 21.8 Å². The Kier molecular flexibility index (Phi) is 4.83. The molecule has 2 aliphatic rings. The first-order chi connectivity index (χ1) is 16.8. The van der Waals surface area contributed by atoms with Gasteiger partial charge in [-0.25, -0.2) is 24.3 Å². The van der Waals surface area contributed by atoms with Gasteiger partial charge in [0, 0.05) is 41.6 Å². The zero-order valence-electron chi connectivity index (χ0n) is 20.6. The van der Waals surface area contributed by atoms with Gasteiger partial charge in [0.05, 0.1) is 0 Å². The maximum Gasteiger partial charge on any atom is 0.278 e. The fourth-order valence-electron chi connectivity index (χ4n) is 5.00. The average molecular weight is 471 g/mol. The van der Waals surface area contributed by atoms with Crippen LogP contribution in [0.2, 0.25) is 0 Å². The van der Waals surface area contributed by atoms with Crippen molar-refractivity contribution in [2.24, 2.45) is 0 Å². The molecule has 6 rings (SSSR count). The summed E-state index contributed by atoms with van der Waals surface area (Å²) in [6, 6.07) is 8.21. The maximum absolute atomic E-state index is 13.1. The summed E-state index contributed by atoms with van der Waals surface area (Å²) >= 11 is 0. The molecule has 0 saturated heterocycles. The van der Waals surface area contributed by atoms with Gasteiger partial charge >= 0.3 is 0 Å². The molecule has 9 nitrogen and oxygen atoms in total. The molecule has 9 heteroatoms. The summed E-state index contributed by atoms with van der Waals surface area (Å²) in [6.07, 6.45) is 6.50. The zero-order chi connectivity index (χ0) is 24.4. The molecular weight excluding hydrogens is 440 g/mol. The lowest BCUT2D eigenvalue weighted by atomic mass is 9.85. The Morgan fingerprint density at radius 3 is 2.71 bits per heavy atom. The summed E-state index contributed by atoms with van der Waals surface area (Å²) in [5.74, 6) is 1.90. The van der Waals surface area contributed by atoms with Crippen LogP contribution in [0.4, 0.5) is 11.6 Å². The fraction of sp³-hybridized carbons (Fsp3) is 0.423. The highest BCUT2D eigenvalue weighted by Gasteiger charge is 2.42. The predicted molar refractivity (Wildman–Crippen MR) is 135 cm³/mol. The Morgan fingerprint density at radius 1 is 1.11 bits per heavy atom. The number of benzene rings is 1. The molecule has 1 saturated carbocycles. The number of hydrogen-bond acceptors (Lipinski definition) is 7. The molecule has 2 N–H and O–H groups in total. The quantitative estimate of drug-likeness (QED) is 0.460. The van der Waals surface area contributed by atoms with Crippen molar-refractivity contribution in [2.75, 3.05) is 11.9 Å². The SMILES string of the molecule is CCn1c(=O)c2cnc(Nc3ccc4c(c3)CCNC4(C)C)nc2n1-c1ccnc(C2(C)CC2)n1. The monoisotopic (exact) mass is 470 g/mol. The normalized spacial score (nSPS) is 17.8. The summed E-state index contributed by atoms with van der Waals surface area (Å²) in [5.41, 5.74) is 3.93. The third-order valence-corrected chi connectivity index (χ3v) is 7.37. The second kappa shape index (κ2) is 7.71. The molecule has 0 radical (unpaired) electrons. The standard InChI is InChI=1S/C26H30N8O/c1-5-33-22(35)18-15-28-24(30-17-6-7-19-16(14-17)8-13-29-25(19,2)3)32-21(18)34(33)20-9-12-27-23(31-20)26(4)10-11-26/h6-7,9,12,14-15,29H,5,8,10-11,13H2,1-4H3,(H,28,30,32). The van der Waals surface area contributed by atoms with Gasteiger partial charge in [-0.05, 0) is 69.8 Å². The topological polar surface area (TPSA) is 103 Å². The van der Waals surface area contributed by atoms with Gasteiger partial charge in [-0.1, -0.05) is 13.0 Å². The van der Waals surface area contributed by atoms with Crippen molar-refractivity contribution < 1.29 is 0 Å². The third kappa shape index (κ3) is 3.61. The molecule has 0 amide bonds. The minimum absolute atomic E-state index is 0.0224. The van der Waals surface area contributed by atoms with Crippen molar-refractivity contribution in [2.45, 2.75) is 64.5 Å². The number of anilines is 2. The summed E-state index contributed by atoms with van der Waals surface area (Å²) in [5, 5.41) is 7.38. The molecule has 0 atom stereocenters. The highest BCUT2D eigenvalue weighted by Crippen LogP contribution is 2.45. The van der Waals surface area contributed by atoms with E-state index in [4.69, 9.17) is 9.97 Å². The first-order valence-electron chi connectivity index (χ1n) is 12.3. The second-order valence-corrected chi connectivity index (χ2v) is 10.4. The molecule has 0 bridgehead atoms. The van der Waals surface area contributed by atoms with E-state index in [0.29, 0.717) is 29.3 Å². The van der Waals surface area contributed by atoms with E-state index in [1.807, 2.05) is 13.0 Å². The predicted octanol–water partition coefficient (Wildman–Crippen LogP) is 3.57. The number of fused-ring (bicyclic) bond motifs is 2. The van der Waals surface area contributed by atoms with Gasteiger partial charge in [0.2, 0.25) is 5.95 Å². The van der Waals surface area contributed by atoms with Crippen LogP contribution in [0.15, 0.2) is 41.5 Å². The lowest BCUT2D eigenvalue weighted by molar-refractivity contribution is 0.382. The van der Waals surface area contributed by atoms with Crippen LogP contribution in [-0.4, -0.2) is 35.8 Å². The van der Waals surface area contributed by atoms with Gasteiger partial charge in [0.1, 0.15) is 11.2 Å². The molecule has 180 valence electrons. The summed E-state index contributed by atoms with van der Waals surface area (Å²) < 4.78 is 3.45. The van der Waals surface area contributed by atoms with Gasteiger partial charge in [-0.3, -0.25) is 4.79 Å². The third-order valence-electron chi connectivity index (χ3n) is 7.37. The zero-order valence-corrected chi connectivity index (χ0v) is 20.6. The first-order valence-corrected chi connectivity index (χ1v) is 12.3. The molecule has 4 heterocycles. The molecule has 35 heavy (non-hydrogen) atoms. The van der Waals surface area contributed by atoms with E-state index >= 15 is 0 Å². The Labute approximate surface area is 203 Å². The van der Waals surface area contributed by atoms with E-state index in [1.165, 1.54) is 11.1 Å². The smallest absolute Gasteiger partial charge is 0.278 e. The Bertz CT molecular complexity index is 1510. The van der Waals surface area contributed by atoms with Gasteiger partial charge in [-0.2, -0.15) is 4.98 Å².